The Morgan fingerprint density at radius 2 is 1.16 bits per heavy atom. The highest BCUT2D eigenvalue weighted by atomic mass is 35.5. The predicted molar refractivity (Wildman–Crippen MR) is 80.9 cm³/mol. The molecule has 3 heteroatoms. The summed E-state index contributed by atoms with van der Waals surface area (Å²) in [6.45, 7) is 2.30. The van der Waals surface area contributed by atoms with E-state index in [9.17, 15) is 0 Å². The molecule has 1 fully saturated rings. The third kappa shape index (κ3) is 2.79. The van der Waals surface area contributed by atoms with Gasteiger partial charge in [0.05, 0.1) is 6.04 Å². The van der Waals surface area contributed by atoms with Crippen molar-refractivity contribution in [3.05, 3.63) is 69.7 Å². The molecule has 0 aromatic heterocycles. The third-order valence-corrected chi connectivity index (χ3v) is 4.13. The number of likely N-dealkylation sites (tertiary alicyclic amines) is 1. The minimum Gasteiger partial charge on any atom is -0.292 e. The summed E-state index contributed by atoms with van der Waals surface area (Å²) in [4.78, 5) is 2.48. The first-order valence-electron chi connectivity index (χ1n) is 6.49. The molecule has 98 valence electrons. The Hall–Kier alpha value is -1.02. The summed E-state index contributed by atoms with van der Waals surface area (Å²) >= 11 is 12.0. The van der Waals surface area contributed by atoms with Crippen LogP contribution in [-0.4, -0.2) is 18.0 Å². The Labute approximate surface area is 123 Å². The standard InChI is InChI=1S/C16H15Cl2N/c17-14-6-2-12(3-7-14)16(19-10-1-11-19)13-4-8-15(18)9-5-13/h2-9,16H,1,10-11H2. The molecule has 0 spiro atoms. The minimum atomic E-state index is 0.309. The van der Waals surface area contributed by atoms with Crippen LogP contribution in [0, 0.1) is 0 Å². The molecule has 1 nitrogen and oxygen atoms in total. The highest BCUT2D eigenvalue weighted by molar-refractivity contribution is 6.30. The lowest BCUT2D eigenvalue weighted by Crippen LogP contribution is -2.40. The second kappa shape index (κ2) is 5.54. The van der Waals surface area contributed by atoms with Crippen molar-refractivity contribution in [2.75, 3.05) is 13.1 Å². The number of hydrogen-bond acceptors (Lipinski definition) is 1. The zero-order valence-corrected chi connectivity index (χ0v) is 12.0. The normalized spacial score (nSPS) is 15.5. The van der Waals surface area contributed by atoms with Crippen LogP contribution in [0.25, 0.3) is 0 Å². The molecule has 3 rings (SSSR count). The Bertz CT molecular complexity index is 498. The minimum absolute atomic E-state index is 0.309. The van der Waals surface area contributed by atoms with Gasteiger partial charge < -0.3 is 0 Å². The van der Waals surface area contributed by atoms with Gasteiger partial charge in [-0.3, -0.25) is 4.90 Å². The Kier molecular flexibility index (Phi) is 3.79. The van der Waals surface area contributed by atoms with E-state index in [2.05, 4.69) is 29.2 Å². The fourth-order valence-electron chi connectivity index (χ4n) is 2.50. The predicted octanol–water partition coefficient (Wildman–Crippen LogP) is 4.79. The van der Waals surface area contributed by atoms with Gasteiger partial charge in [0.25, 0.3) is 0 Å². The van der Waals surface area contributed by atoms with E-state index >= 15 is 0 Å². The molecule has 0 N–H and O–H groups in total. The summed E-state index contributed by atoms with van der Waals surface area (Å²) in [6.07, 6.45) is 1.28. The van der Waals surface area contributed by atoms with Crippen molar-refractivity contribution in [3.8, 4) is 0 Å². The van der Waals surface area contributed by atoms with Crippen LogP contribution in [-0.2, 0) is 0 Å². The van der Waals surface area contributed by atoms with Crippen molar-refractivity contribution in [2.24, 2.45) is 0 Å². The van der Waals surface area contributed by atoms with Crippen LogP contribution in [0.2, 0.25) is 10.0 Å². The van der Waals surface area contributed by atoms with E-state index in [0.717, 1.165) is 23.1 Å². The molecule has 0 atom stereocenters. The highest BCUT2D eigenvalue weighted by Crippen LogP contribution is 2.33. The topological polar surface area (TPSA) is 3.24 Å². The highest BCUT2D eigenvalue weighted by Gasteiger charge is 2.26. The smallest absolute Gasteiger partial charge is 0.0601 e. The average Bonchev–Trinajstić information content (AvgIpc) is 2.36. The molecule has 0 radical (unpaired) electrons. The molecule has 0 saturated carbocycles. The molecule has 0 aliphatic carbocycles. The lowest BCUT2D eigenvalue weighted by molar-refractivity contribution is 0.140. The maximum Gasteiger partial charge on any atom is 0.0601 e. The SMILES string of the molecule is Clc1ccc(C(c2ccc(Cl)cc2)N2CCC2)cc1. The van der Waals surface area contributed by atoms with Gasteiger partial charge in [-0.2, -0.15) is 0 Å². The Morgan fingerprint density at radius 1 is 0.737 bits per heavy atom. The fraction of sp³-hybridized carbons (Fsp3) is 0.250. The van der Waals surface area contributed by atoms with Gasteiger partial charge in [-0.15, -0.1) is 0 Å². The molecule has 2 aromatic rings. The third-order valence-electron chi connectivity index (χ3n) is 3.63. The quantitative estimate of drug-likeness (QED) is 0.786. The number of hydrogen-bond donors (Lipinski definition) is 0. The molecule has 2 aromatic carbocycles. The summed E-state index contributed by atoms with van der Waals surface area (Å²) in [6, 6.07) is 16.6. The first kappa shape index (κ1) is 13.0. The fourth-order valence-corrected chi connectivity index (χ4v) is 2.76. The molecule has 0 amide bonds. The van der Waals surface area contributed by atoms with E-state index in [0.29, 0.717) is 6.04 Å². The summed E-state index contributed by atoms with van der Waals surface area (Å²) < 4.78 is 0. The van der Waals surface area contributed by atoms with Crippen LogP contribution in [0.5, 0.6) is 0 Å². The van der Waals surface area contributed by atoms with E-state index in [-0.39, 0.29) is 0 Å². The van der Waals surface area contributed by atoms with Crippen molar-refractivity contribution in [1.29, 1.82) is 0 Å². The van der Waals surface area contributed by atoms with Crippen LogP contribution in [0.4, 0.5) is 0 Å². The van der Waals surface area contributed by atoms with Crippen molar-refractivity contribution in [3.63, 3.8) is 0 Å². The number of nitrogens with zero attached hydrogens (tertiary/aromatic N) is 1. The van der Waals surface area contributed by atoms with Crippen LogP contribution in [0.15, 0.2) is 48.5 Å². The van der Waals surface area contributed by atoms with Gasteiger partial charge in [0.2, 0.25) is 0 Å². The average molecular weight is 292 g/mol. The van der Waals surface area contributed by atoms with Crippen molar-refractivity contribution < 1.29 is 0 Å². The maximum atomic E-state index is 5.98. The lowest BCUT2D eigenvalue weighted by Gasteiger charge is -2.39. The van der Waals surface area contributed by atoms with E-state index < -0.39 is 0 Å². The van der Waals surface area contributed by atoms with Crippen molar-refractivity contribution in [1.82, 2.24) is 4.90 Å². The van der Waals surface area contributed by atoms with Gasteiger partial charge in [0.15, 0.2) is 0 Å². The van der Waals surface area contributed by atoms with Gasteiger partial charge in [-0.1, -0.05) is 47.5 Å². The molecule has 1 aliphatic rings. The summed E-state index contributed by atoms with van der Waals surface area (Å²) in [7, 11) is 0. The monoisotopic (exact) mass is 291 g/mol. The van der Waals surface area contributed by atoms with Crippen LogP contribution >= 0.6 is 23.2 Å². The van der Waals surface area contributed by atoms with E-state index in [4.69, 9.17) is 23.2 Å². The van der Waals surface area contributed by atoms with Crippen LogP contribution < -0.4 is 0 Å². The molecule has 1 aliphatic heterocycles. The Morgan fingerprint density at radius 3 is 1.47 bits per heavy atom. The van der Waals surface area contributed by atoms with Gasteiger partial charge in [0, 0.05) is 23.1 Å². The van der Waals surface area contributed by atoms with E-state index in [1.807, 2.05) is 24.3 Å². The molecular weight excluding hydrogens is 277 g/mol. The first-order valence-corrected chi connectivity index (χ1v) is 7.24. The molecule has 0 bridgehead atoms. The molecule has 0 unspecified atom stereocenters. The zero-order valence-electron chi connectivity index (χ0n) is 10.5. The van der Waals surface area contributed by atoms with Crippen LogP contribution in [0.1, 0.15) is 23.6 Å². The van der Waals surface area contributed by atoms with Crippen molar-refractivity contribution in [2.45, 2.75) is 12.5 Å². The summed E-state index contributed by atoms with van der Waals surface area (Å²) in [5, 5.41) is 1.56. The first-order chi connectivity index (χ1) is 9.24. The lowest BCUT2D eigenvalue weighted by atomic mass is 9.94. The summed E-state index contributed by atoms with van der Waals surface area (Å²) in [5.41, 5.74) is 2.57. The van der Waals surface area contributed by atoms with Crippen molar-refractivity contribution >= 4 is 23.2 Å². The summed E-state index contributed by atoms with van der Waals surface area (Å²) in [5.74, 6) is 0. The number of rotatable bonds is 3. The van der Waals surface area contributed by atoms with Gasteiger partial charge in [-0.05, 0) is 41.8 Å². The molecule has 1 heterocycles. The number of halogens is 2. The largest absolute Gasteiger partial charge is 0.292 e. The van der Waals surface area contributed by atoms with Gasteiger partial charge in [0.1, 0.15) is 0 Å². The molecular formula is C16H15Cl2N. The second-order valence-electron chi connectivity index (χ2n) is 4.90. The zero-order chi connectivity index (χ0) is 13.2. The van der Waals surface area contributed by atoms with Gasteiger partial charge in [-0.25, -0.2) is 0 Å². The second-order valence-corrected chi connectivity index (χ2v) is 5.77. The van der Waals surface area contributed by atoms with E-state index in [1.165, 1.54) is 17.5 Å². The number of benzene rings is 2. The van der Waals surface area contributed by atoms with Gasteiger partial charge >= 0.3 is 0 Å². The molecule has 1 saturated heterocycles. The molecule has 19 heavy (non-hydrogen) atoms. The Balaban J connectivity index is 1.97. The maximum absolute atomic E-state index is 5.98. The van der Waals surface area contributed by atoms with E-state index in [1.54, 1.807) is 0 Å². The van der Waals surface area contributed by atoms with Crippen LogP contribution in [0.3, 0.4) is 0 Å².